The molecule has 1 heterocycles. The maximum atomic E-state index is 11.7. The largest absolute Gasteiger partial charge is 0.384 e. The van der Waals surface area contributed by atoms with Crippen molar-refractivity contribution in [1.29, 1.82) is 0 Å². The first-order chi connectivity index (χ1) is 9.13. The molecule has 19 heavy (non-hydrogen) atoms. The molecule has 1 amide bonds. The smallest absolute Gasteiger partial charge is 0.231 e. The van der Waals surface area contributed by atoms with Gasteiger partial charge in [-0.15, -0.1) is 0 Å². The number of carbonyl (C=O) groups excluding carboxylic acids is 1. The first kappa shape index (κ1) is 12.5. The number of nitrogens with zero attached hydrogens (tertiary/aromatic N) is 1. The second kappa shape index (κ2) is 4.53. The minimum absolute atomic E-state index is 0.171. The van der Waals surface area contributed by atoms with E-state index in [9.17, 15) is 4.79 Å². The summed E-state index contributed by atoms with van der Waals surface area (Å²) in [6.07, 6.45) is 4.26. The molecule has 3 N–H and O–H groups in total. The third-order valence-electron chi connectivity index (χ3n) is 4.67. The van der Waals surface area contributed by atoms with E-state index in [-0.39, 0.29) is 5.91 Å². The predicted molar refractivity (Wildman–Crippen MR) is 77.4 cm³/mol. The fraction of sp³-hybridized carbons (Fsp3) is 0.533. The number of nitrogens with one attached hydrogen (secondary N) is 1. The number of nitrogens with two attached hydrogens (primary N) is 1. The molecular formula is C15H21N3O. The van der Waals surface area contributed by atoms with Gasteiger partial charge in [0.15, 0.2) is 0 Å². The average Bonchev–Trinajstić information content (AvgIpc) is 2.64. The zero-order chi connectivity index (χ0) is 13.5. The Labute approximate surface area is 114 Å². The molecule has 0 saturated heterocycles. The highest BCUT2D eigenvalue weighted by atomic mass is 16.2. The van der Waals surface area contributed by atoms with Crippen molar-refractivity contribution >= 4 is 17.3 Å². The molecule has 3 rings (SSSR count). The quantitative estimate of drug-likeness (QED) is 0.866. The molecule has 0 radical (unpaired) electrons. The molecule has 0 aromatic heterocycles. The molecule has 0 atom stereocenters. The Morgan fingerprint density at radius 1 is 1.42 bits per heavy atom. The van der Waals surface area contributed by atoms with Gasteiger partial charge >= 0.3 is 0 Å². The van der Waals surface area contributed by atoms with E-state index < -0.39 is 0 Å². The number of rotatable bonds is 4. The minimum atomic E-state index is 0.171. The van der Waals surface area contributed by atoms with E-state index in [2.05, 4.69) is 17.4 Å². The van der Waals surface area contributed by atoms with Gasteiger partial charge in [0.05, 0.1) is 6.42 Å². The van der Waals surface area contributed by atoms with Crippen molar-refractivity contribution in [3.63, 3.8) is 0 Å². The van der Waals surface area contributed by atoms with Gasteiger partial charge in [-0.3, -0.25) is 4.79 Å². The van der Waals surface area contributed by atoms with Gasteiger partial charge in [-0.25, -0.2) is 0 Å². The van der Waals surface area contributed by atoms with Crippen LogP contribution in [0.5, 0.6) is 0 Å². The van der Waals surface area contributed by atoms with Crippen LogP contribution in [0.1, 0.15) is 24.8 Å². The van der Waals surface area contributed by atoms with E-state index >= 15 is 0 Å². The summed E-state index contributed by atoms with van der Waals surface area (Å²) < 4.78 is 0. The van der Waals surface area contributed by atoms with Crippen LogP contribution in [0, 0.1) is 5.41 Å². The van der Waals surface area contributed by atoms with Gasteiger partial charge in [0, 0.05) is 25.0 Å². The van der Waals surface area contributed by atoms with Crippen LogP contribution in [0.25, 0.3) is 0 Å². The summed E-state index contributed by atoms with van der Waals surface area (Å²) in [5.41, 5.74) is 9.42. The van der Waals surface area contributed by atoms with Crippen LogP contribution in [0.15, 0.2) is 18.2 Å². The molecule has 1 saturated carbocycles. The predicted octanol–water partition coefficient (Wildman–Crippen LogP) is 1.75. The number of fused-ring (bicyclic) bond motifs is 1. The Kier molecular flexibility index (Phi) is 2.97. The molecule has 1 aliphatic carbocycles. The first-order valence-electron chi connectivity index (χ1n) is 6.97. The van der Waals surface area contributed by atoms with Crippen LogP contribution in [0.2, 0.25) is 0 Å². The molecule has 4 nitrogen and oxygen atoms in total. The van der Waals surface area contributed by atoms with Crippen LogP contribution < -0.4 is 16.0 Å². The molecule has 0 unspecified atom stereocenters. The van der Waals surface area contributed by atoms with Crippen molar-refractivity contribution in [2.75, 3.05) is 30.4 Å². The van der Waals surface area contributed by atoms with E-state index in [0.717, 1.165) is 30.0 Å². The van der Waals surface area contributed by atoms with E-state index in [1.54, 1.807) is 4.90 Å². The van der Waals surface area contributed by atoms with Crippen molar-refractivity contribution in [2.24, 2.45) is 11.1 Å². The Balaban J connectivity index is 1.70. The highest BCUT2D eigenvalue weighted by Gasteiger charge is 2.35. The lowest BCUT2D eigenvalue weighted by molar-refractivity contribution is -0.117. The summed E-state index contributed by atoms with van der Waals surface area (Å²) in [6.45, 7) is 1.69. The van der Waals surface area contributed by atoms with Gasteiger partial charge < -0.3 is 16.0 Å². The monoisotopic (exact) mass is 259 g/mol. The number of carbonyl (C=O) groups is 1. The molecule has 1 fully saturated rings. The van der Waals surface area contributed by atoms with Crippen molar-refractivity contribution < 1.29 is 4.79 Å². The highest BCUT2D eigenvalue weighted by molar-refractivity contribution is 6.01. The molecule has 1 aliphatic heterocycles. The number of hydrogen-bond donors (Lipinski definition) is 2. The second-order valence-corrected chi connectivity index (χ2v) is 5.88. The first-order valence-corrected chi connectivity index (χ1v) is 6.97. The van der Waals surface area contributed by atoms with Gasteiger partial charge in [0.2, 0.25) is 5.91 Å². The van der Waals surface area contributed by atoms with Gasteiger partial charge in [0.25, 0.3) is 0 Å². The summed E-state index contributed by atoms with van der Waals surface area (Å²) in [5, 5.41) is 3.49. The Morgan fingerprint density at radius 3 is 2.84 bits per heavy atom. The topological polar surface area (TPSA) is 58.4 Å². The Bertz CT molecular complexity index is 503. The normalized spacial score (nSPS) is 20.1. The zero-order valence-electron chi connectivity index (χ0n) is 11.4. The van der Waals surface area contributed by atoms with E-state index in [1.807, 2.05) is 13.1 Å². The van der Waals surface area contributed by atoms with Crippen LogP contribution in [0.3, 0.4) is 0 Å². The number of likely N-dealkylation sites (N-methyl/N-ethyl adjacent to an activating group) is 1. The summed E-state index contributed by atoms with van der Waals surface area (Å²) in [7, 11) is 1.83. The van der Waals surface area contributed by atoms with E-state index in [1.165, 1.54) is 19.3 Å². The fourth-order valence-electron chi connectivity index (χ4n) is 3.00. The number of hydrogen-bond acceptors (Lipinski definition) is 3. The maximum Gasteiger partial charge on any atom is 0.231 e. The molecule has 0 spiro atoms. The fourth-order valence-corrected chi connectivity index (χ4v) is 3.00. The van der Waals surface area contributed by atoms with Crippen molar-refractivity contribution in [1.82, 2.24) is 0 Å². The minimum Gasteiger partial charge on any atom is -0.384 e. The number of benzene rings is 1. The molecule has 1 aromatic carbocycles. The van der Waals surface area contributed by atoms with Gasteiger partial charge in [-0.05, 0) is 48.6 Å². The van der Waals surface area contributed by atoms with Gasteiger partial charge in [-0.1, -0.05) is 6.42 Å². The molecule has 4 heteroatoms. The lowest BCUT2D eigenvalue weighted by Crippen LogP contribution is -2.42. The molecule has 1 aromatic rings. The van der Waals surface area contributed by atoms with Gasteiger partial charge in [-0.2, -0.15) is 0 Å². The summed E-state index contributed by atoms with van der Waals surface area (Å²) in [5.74, 6) is 0.171. The third kappa shape index (κ3) is 2.10. The van der Waals surface area contributed by atoms with Crippen molar-refractivity contribution in [3.8, 4) is 0 Å². The summed E-state index contributed by atoms with van der Waals surface area (Å²) in [4.78, 5) is 13.4. The Morgan fingerprint density at radius 2 is 2.21 bits per heavy atom. The van der Waals surface area contributed by atoms with Crippen molar-refractivity contribution in [2.45, 2.75) is 25.7 Å². The average molecular weight is 259 g/mol. The van der Waals surface area contributed by atoms with Crippen LogP contribution >= 0.6 is 0 Å². The maximum absolute atomic E-state index is 11.7. The lowest BCUT2D eigenvalue weighted by atomic mass is 9.69. The Hall–Kier alpha value is -1.55. The number of anilines is 2. The lowest BCUT2D eigenvalue weighted by Gasteiger charge is -2.41. The number of amides is 1. The highest BCUT2D eigenvalue weighted by Crippen LogP contribution is 2.40. The van der Waals surface area contributed by atoms with Crippen LogP contribution in [-0.2, 0) is 11.2 Å². The molecule has 0 bridgehead atoms. The summed E-state index contributed by atoms with van der Waals surface area (Å²) >= 11 is 0. The van der Waals surface area contributed by atoms with E-state index in [4.69, 9.17) is 5.73 Å². The molecule has 2 aliphatic rings. The van der Waals surface area contributed by atoms with E-state index in [0.29, 0.717) is 11.8 Å². The SMILES string of the molecule is CN1C(=O)Cc2cc(NCC3(CN)CCC3)ccc21. The van der Waals surface area contributed by atoms with Crippen molar-refractivity contribution in [3.05, 3.63) is 23.8 Å². The zero-order valence-corrected chi connectivity index (χ0v) is 11.4. The molecular weight excluding hydrogens is 238 g/mol. The second-order valence-electron chi connectivity index (χ2n) is 5.88. The third-order valence-corrected chi connectivity index (χ3v) is 4.67. The van der Waals surface area contributed by atoms with Crippen LogP contribution in [-0.4, -0.2) is 26.0 Å². The van der Waals surface area contributed by atoms with Gasteiger partial charge in [0.1, 0.15) is 0 Å². The summed E-state index contributed by atoms with van der Waals surface area (Å²) in [6, 6.07) is 6.18. The standard InChI is InChI=1S/C15H21N3O/c1-18-13-4-3-12(7-11(13)8-14(18)19)17-10-15(9-16)5-2-6-15/h3-4,7,17H,2,5-6,8-10,16H2,1H3. The van der Waals surface area contributed by atoms with Crippen LogP contribution in [0.4, 0.5) is 11.4 Å². The molecule has 102 valence electrons.